The quantitative estimate of drug-likeness (QED) is 0.342. The van der Waals surface area contributed by atoms with Crippen LogP contribution in [0.15, 0.2) is 16.8 Å². The largest absolute Gasteiger partial charge is 0.340 e. The van der Waals surface area contributed by atoms with E-state index in [4.69, 9.17) is 0 Å². The monoisotopic (exact) mass is 630 g/mol. The predicted octanol–water partition coefficient (Wildman–Crippen LogP) is 5.61. The minimum Gasteiger partial charge on any atom is -0.340 e. The van der Waals surface area contributed by atoms with Gasteiger partial charge in [0.15, 0.2) is 11.5 Å². The molecule has 9 nitrogen and oxygen atoms in total. The number of aromatic nitrogens is 4. The van der Waals surface area contributed by atoms with Crippen LogP contribution < -0.4 is 5.32 Å². The number of hydrogen-bond donors (Lipinski definition) is 2. The van der Waals surface area contributed by atoms with Crippen molar-refractivity contribution in [1.29, 1.82) is 0 Å². The second-order valence-electron chi connectivity index (χ2n) is 12.2. The average molecular weight is 631 g/mol. The van der Waals surface area contributed by atoms with Gasteiger partial charge in [0.2, 0.25) is 17.8 Å². The van der Waals surface area contributed by atoms with Gasteiger partial charge in [-0.05, 0) is 49.7 Å². The Labute approximate surface area is 245 Å². The Morgan fingerprint density at radius 3 is 2.18 bits per heavy atom. The van der Waals surface area contributed by atoms with Gasteiger partial charge >= 0.3 is 0 Å². The molecule has 1 aliphatic heterocycles. The van der Waals surface area contributed by atoms with Crippen molar-refractivity contribution in [3.63, 3.8) is 0 Å². The summed E-state index contributed by atoms with van der Waals surface area (Å²) in [5, 5.41) is 9.87. The molecule has 6 rings (SSSR count). The maximum atomic E-state index is 16.3. The molecule has 3 heterocycles. The topological polar surface area (TPSA) is 117 Å². The molecular weight excluding hydrogens is 601 g/mol. The molecule has 2 aromatic heterocycles. The molecule has 0 radical (unpaired) electrons. The van der Waals surface area contributed by atoms with E-state index < -0.39 is 104 Å². The lowest BCUT2D eigenvalue weighted by molar-refractivity contribution is -0.175. The molecular formula is C28H29F7N6O3. The van der Waals surface area contributed by atoms with Gasteiger partial charge < -0.3 is 15.2 Å². The molecule has 16 heteroatoms. The number of imidazole rings is 1. The number of halogens is 7. The summed E-state index contributed by atoms with van der Waals surface area (Å²) in [6, 6.07) is 1.67. The van der Waals surface area contributed by atoms with Crippen molar-refractivity contribution in [2.75, 3.05) is 13.1 Å². The highest BCUT2D eigenvalue weighted by molar-refractivity contribution is 5.93. The van der Waals surface area contributed by atoms with Crippen molar-refractivity contribution in [3.8, 4) is 0 Å². The van der Waals surface area contributed by atoms with Gasteiger partial charge in [-0.25, -0.2) is 40.3 Å². The van der Waals surface area contributed by atoms with E-state index in [2.05, 4.69) is 30.2 Å². The lowest BCUT2D eigenvalue weighted by atomic mass is 9.66. The minimum atomic E-state index is -3.11. The number of rotatable bonds is 6. The molecule has 2 saturated carbocycles. The number of nitrogens with zero attached hydrogens (tertiary/aromatic N) is 4. The first kappa shape index (κ1) is 30.3. The average Bonchev–Trinajstić information content (AvgIpc) is 3.58. The van der Waals surface area contributed by atoms with Crippen LogP contribution in [0.25, 0.3) is 11.0 Å². The smallest absolute Gasteiger partial charge is 0.282 e. The van der Waals surface area contributed by atoms with Gasteiger partial charge in [0.05, 0.1) is 30.1 Å². The van der Waals surface area contributed by atoms with Gasteiger partial charge in [-0.3, -0.25) is 9.59 Å². The zero-order chi connectivity index (χ0) is 31.7. The molecule has 1 aromatic carbocycles. The van der Waals surface area contributed by atoms with E-state index >= 15 is 4.39 Å². The Bertz CT molecular complexity index is 1580. The molecule has 0 unspecified atom stereocenters. The van der Waals surface area contributed by atoms with Crippen molar-refractivity contribution in [1.82, 2.24) is 30.5 Å². The first-order valence-corrected chi connectivity index (χ1v) is 14.3. The van der Waals surface area contributed by atoms with E-state index in [9.17, 15) is 35.9 Å². The highest BCUT2D eigenvalue weighted by atomic mass is 19.3. The summed E-state index contributed by atoms with van der Waals surface area (Å²) < 4.78 is 105. The highest BCUT2D eigenvalue weighted by Gasteiger charge is 2.56. The molecule has 238 valence electrons. The van der Waals surface area contributed by atoms with E-state index in [1.54, 1.807) is 0 Å². The first-order valence-electron chi connectivity index (χ1n) is 14.3. The number of H-pyrrole nitrogens is 1. The fourth-order valence-electron chi connectivity index (χ4n) is 6.63. The number of benzene rings is 1. The van der Waals surface area contributed by atoms with Crippen molar-refractivity contribution in [2.45, 2.75) is 87.5 Å². The van der Waals surface area contributed by atoms with Crippen LogP contribution in [-0.4, -0.2) is 67.9 Å². The number of aromatic amines is 1. The lowest BCUT2D eigenvalue weighted by Gasteiger charge is -2.47. The maximum absolute atomic E-state index is 16.3. The summed E-state index contributed by atoms with van der Waals surface area (Å²) >= 11 is 0. The molecule has 0 spiro atoms. The standard InChI is InChI=1S/C28H29F7N6O3/c1-14-19(40-44-39-14)23(42)38-20(15-4-6-26(30,31)7-5-15)22-36-17-3-2-16(18(29)21(17)37-22)25(8-10-27(32,33)11-9-25)24(43)41-12-28(34,35)13-41/h2-3,15,20H,4-13H2,1H3,(H,36,37)(H,38,42)/t20-/m0/s1. The molecule has 44 heavy (non-hydrogen) atoms. The molecule has 3 aromatic rings. The summed E-state index contributed by atoms with van der Waals surface area (Å²) in [7, 11) is 0. The number of aryl methyl sites for hydroxylation is 1. The molecule has 3 aliphatic rings. The Kier molecular flexibility index (Phi) is 7.19. The molecule has 2 aliphatic carbocycles. The zero-order valence-electron chi connectivity index (χ0n) is 23.5. The first-order chi connectivity index (χ1) is 20.6. The number of amides is 2. The van der Waals surface area contributed by atoms with Crippen molar-refractivity contribution >= 4 is 22.8 Å². The van der Waals surface area contributed by atoms with Crippen LogP contribution in [0.3, 0.4) is 0 Å². The molecule has 3 fully saturated rings. The minimum absolute atomic E-state index is 0.0189. The maximum Gasteiger partial charge on any atom is 0.282 e. The fraction of sp³-hybridized carbons (Fsp3) is 0.607. The van der Waals surface area contributed by atoms with Gasteiger partial charge in [0, 0.05) is 31.2 Å². The fourth-order valence-corrected chi connectivity index (χ4v) is 6.63. The third kappa shape index (κ3) is 5.40. The van der Waals surface area contributed by atoms with E-state index in [0.717, 1.165) is 4.90 Å². The third-order valence-corrected chi connectivity index (χ3v) is 9.18. The number of nitrogens with one attached hydrogen (secondary N) is 2. The van der Waals surface area contributed by atoms with Crippen molar-refractivity contribution < 1.29 is 45.0 Å². The number of likely N-dealkylation sites (tertiary alicyclic amines) is 1. The Balaban J connectivity index is 1.38. The predicted molar refractivity (Wildman–Crippen MR) is 139 cm³/mol. The van der Waals surface area contributed by atoms with Crippen LogP contribution in [0.5, 0.6) is 0 Å². The van der Waals surface area contributed by atoms with Crippen LogP contribution in [0.4, 0.5) is 30.7 Å². The van der Waals surface area contributed by atoms with Crippen molar-refractivity contribution in [3.05, 3.63) is 40.7 Å². The second kappa shape index (κ2) is 10.4. The summed E-state index contributed by atoms with van der Waals surface area (Å²) in [4.78, 5) is 34.8. The van der Waals surface area contributed by atoms with E-state index in [0.29, 0.717) is 0 Å². The third-order valence-electron chi connectivity index (χ3n) is 9.18. The second-order valence-corrected chi connectivity index (χ2v) is 12.2. The summed E-state index contributed by atoms with van der Waals surface area (Å²) in [5.74, 6) is -12.1. The molecule has 2 N–H and O–H groups in total. The molecule has 1 saturated heterocycles. The van der Waals surface area contributed by atoms with Crippen LogP contribution in [0.1, 0.15) is 85.0 Å². The lowest BCUT2D eigenvalue weighted by Crippen LogP contribution is -2.63. The summed E-state index contributed by atoms with van der Waals surface area (Å²) in [5.41, 5.74) is -2.12. The molecule has 1 atom stereocenters. The van der Waals surface area contributed by atoms with Gasteiger partial charge in [0.25, 0.3) is 11.8 Å². The van der Waals surface area contributed by atoms with Gasteiger partial charge in [-0.2, -0.15) is 0 Å². The van der Waals surface area contributed by atoms with E-state index in [1.807, 2.05) is 0 Å². The zero-order valence-corrected chi connectivity index (χ0v) is 23.5. The van der Waals surface area contributed by atoms with E-state index in [-0.39, 0.29) is 46.7 Å². The number of carbonyl (C=O) groups excluding carboxylic acids is 2. The normalized spacial score (nSPS) is 23.2. The van der Waals surface area contributed by atoms with Crippen LogP contribution in [0, 0.1) is 18.7 Å². The number of carbonyl (C=O) groups is 2. The Hall–Kier alpha value is -3.72. The van der Waals surface area contributed by atoms with Crippen LogP contribution >= 0.6 is 0 Å². The number of fused-ring (bicyclic) bond motifs is 1. The Morgan fingerprint density at radius 2 is 1.59 bits per heavy atom. The van der Waals surface area contributed by atoms with Gasteiger partial charge in [0.1, 0.15) is 17.0 Å². The summed E-state index contributed by atoms with van der Waals surface area (Å²) in [6.07, 6.45) is -3.21. The highest BCUT2D eigenvalue weighted by Crippen LogP contribution is 2.49. The van der Waals surface area contributed by atoms with Gasteiger partial charge in [-0.15, -0.1) is 0 Å². The molecule has 0 bridgehead atoms. The number of hydrogen-bond acceptors (Lipinski definition) is 6. The van der Waals surface area contributed by atoms with Crippen molar-refractivity contribution in [2.24, 2.45) is 5.92 Å². The number of alkyl halides is 6. The SMILES string of the molecule is Cc1nonc1C(=O)N[C@H](c1nc2c(F)c(C3(C(=O)N4CC(F)(F)C4)CCC(F)(F)CC3)ccc2[nH]1)C1CCC(F)(F)CC1. The summed E-state index contributed by atoms with van der Waals surface area (Å²) in [6.45, 7) is -0.287. The van der Waals surface area contributed by atoms with Gasteiger partial charge in [-0.1, -0.05) is 11.2 Å². The van der Waals surface area contributed by atoms with Crippen LogP contribution in [-0.2, 0) is 10.2 Å². The van der Waals surface area contributed by atoms with E-state index in [1.165, 1.54) is 19.1 Å². The Morgan fingerprint density at radius 1 is 0.955 bits per heavy atom. The van der Waals surface area contributed by atoms with Crippen LogP contribution in [0.2, 0.25) is 0 Å². The molecule has 2 amide bonds.